The van der Waals surface area contributed by atoms with Gasteiger partial charge in [0.2, 0.25) is 0 Å². The third-order valence-corrected chi connectivity index (χ3v) is 2.82. The minimum Gasteiger partial charge on any atom is -0.508 e. The van der Waals surface area contributed by atoms with Crippen molar-refractivity contribution in [3.05, 3.63) is 53.8 Å². The number of nitrogens with one attached hydrogen (secondary N) is 1. The lowest BCUT2D eigenvalue weighted by Crippen LogP contribution is -2.31. The molecule has 2 N–H and O–H groups in total. The molecular weight excluding hydrogens is 285 g/mol. The van der Waals surface area contributed by atoms with Crippen LogP contribution < -0.4 is 10.2 Å². The van der Waals surface area contributed by atoms with Crippen molar-refractivity contribution in [3.63, 3.8) is 0 Å². The minimum absolute atomic E-state index is 0.0270. The molecule has 110 valence electrons. The summed E-state index contributed by atoms with van der Waals surface area (Å²) in [5.74, 6) is -4.43. The molecule has 0 atom stereocenters. The van der Waals surface area contributed by atoms with Gasteiger partial charge in [-0.1, -0.05) is 0 Å². The SMILES string of the molecule is CN(C(=O)Nc1ccc(F)c(F)c1F)c1ccc(O)cc1. The first kappa shape index (κ1) is 14.7. The molecule has 0 fully saturated rings. The molecule has 0 saturated heterocycles. The number of phenolic OH excluding ortho intramolecular Hbond substituents is 1. The molecule has 7 heteroatoms. The van der Waals surface area contributed by atoms with Gasteiger partial charge >= 0.3 is 6.03 Å². The first-order valence-electron chi connectivity index (χ1n) is 5.87. The summed E-state index contributed by atoms with van der Waals surface area (Å²) in [6.45, 7) is 0. The van der Waals surface area contributed by atoms with Gasteiger partial charge in [-0.15, -0.1) is 0 Å². The molecule has 0 bridgehead atoms. The number of rotatable bonds is 2. The van der Waals surface area contributed by atoms with E-state index in [0.717, 1.165) is 11.0 Å². The monoisotopic (exact) mass is 296 g/mol. The Bertz CT molecular complexity index is 675. The lowest BCUT2D eigenvalue weighted by molar-refractivity contribution is 0.258. The summed E-state index contributed by atoms with van der Waals surface area (Å²) in [6, 6.07) is 6.58. The highest BCUT2D eigenvalue weighted by Gasteiger charge is 2.17. The Balaban J connectivity index is 2.18. The number of aromatic hydroxyl groups is 1. The summed E-state index contributed by atoms with van der Waals surface area (Å²) in [5, 5.41) is 11.3. The Morgan fingerprint density at radius 2 is 1.67 bits per heavy atom. The first-order chi connectivity index (χ1) is 9.90. The van der Waals surface area contributed by atoms with Gasteiger partial charge < -0.3 is 10.4 Å². The number of phenols is 1. The summed E-state index contributed by atoms with van der Waals surface area (Å²) < 4.78 is 39.3. The molecule has 2 rings (SSSR count). The summed E-state index contributed by atoms with van der Waals surface area (Å²) in [4.78, 5) is 13.0. The zero-order valence-electron chi connectivity index (χ0n) is 10.9. The summed E-state index contributed by atoms with van der Waals surface area (Å²) in [5.41, 5.74) is -0.0437. The topological polar surface area (TPSA) is 52.6 Å². The molecule has 4 nitrogen and oxygen atoms in total. The number of hydrogen-bond acceptors (Lipinski definition) is 2. The fourth-order valence-corrected chi connectivity index (χ4v) is 1.61. The van der Waals surface area contributed by atoms with Crippen molar-refractivity contribution in [2.75, 3.05) is 17.3 Å². The Morgan fingerprint density at radius 3 is 2.29 bits per heavy atom. The second-order valence-electron chi connectivity index (χ2n) is 4.23. The van der Waals surface area contributed by atoms with E-state index in [1.165, 1.54) is 31.3 Å². The molecule has 0 aliphatic carbocycles. The van der Waals surface area contributed by atoms with Gasteiger partial charge in [0.1, 0.15) is 5.75 Å². The standard InChI is InChI=1S/C14H11F3N2O2/c1-19(8-2-4-9(20)5-3-8)14(21)18-11-7-6-10(15)12(16)13(11)17/h2-7,20H,1H3,(H,18,21). The van der Waals surface area contributed by atoms with E-state index in [-0.39, 0.29) is 5.75 Å². The smallest absolute Gasteiger partial charge is 0.326 e. The highest BCUT2D eigenvalue weighted by Crippen LogP contribution is 2.22. The number of carbonyl (C=O) groups is 1. The van der Waals surface area contributed by atoms with E-state index < -0.39 is 29.2 Å². The molecule has 0 aliphatic heterocycles. The Labute approximate surface area is 118 Å². The van der Waals surface area contributed by atoms with Gasteiger partial charge in [0, 0.05) is 12.7 Å². The van der Waals surface area contributed by atoms with Gasteiger partial charge in [-0.3, -0.25) is 4.90 Å². The number of amides is 2. The molecular formula is C14H11F3N2O2. The third kappa shape index (κ3) is 3.07. The summed E-state index contributed by atoms with van der Waals surface area (Å²) in [7, 11) is 1.40. The summed E-state index contributed by atoms with van der Waals surface area (Å²) in [6.07, 6.45) is 0. The third-order valence-electron chi connectivity index (χ3n) is 2.82. The van der Waals surface area contributed by atoms with Crippen molar-refractivity contribution < 1.29 is 23.1 Å². The number of carbonyl (C=O) groups excluding carboxylic acids is 1. The van der Waals surface area contributed by atoms with Crippen molar-refractivity contribution in [1.82, 2.24) is 0 Å². The van der Waals surface area contributed by atoms with E-state index in [0.29, 0.717) is 11.8 Å². The maximum atomic E-state index is 13.5. The number of nitrogens with zero attached hydrogens (tertiary/aromatic N) is 1. The second-order valence-corrected chi connectivity index (χ2v) is 4.23. The number of benzene rings is 2. The molecule has 0 saturated carbocycles. The van der Waals surface area contributed by atoms with E-state index >= 15 is 0 Å². The zero-order valence-corrected chi connectivity index (χ0v) is 10.9. The van der Waals surface area contributed by atoms with E-state index in [1.54, 1.807) is 0 Å². The quantitative estimate of drug-likeness (QED) is 0.834. The van der Waals surface area contributed by atoms with Gasteiger partial charge in [0.15, 0.2) is 17.5 Å². The van der Waals surface area contributed by atoms with Crippen LogP contribution in [-0.4, -0.2) is 18.2 Å². The van der Waals surface area contributed by atoms with Crippen molar-refractivity contribution >= 4 is 17.4 Å². The van der Waals surface area contributed by atoms with E-state index in [1.807, 2.05) is 0 Å². The molecule has 2 aromatic carbocycles. The van der Waals surface area contributed by atoms with Gasteiger partial charge in [0.25, 0.3) is 0 Å². The van der Waals surface area contributed by atoms with Crippen LogP contribution in [0.1, 0.15) is 0 Å². The van der Waals surface area contributed by atoms with Crippen LogP contribution in [0, 0.1) is 17.5 Å². The highest BCUT2D eigenvalue weighted by atomic mass is 19.2. The molecule has 0 aromatic heterocycles. The lowest BCUT2D eigenvalue weighted by Gasteiger charge is -2.18. The number of halogens is 3. The van der Waals surface area contributed by atoms with E-state index in [9.17, 15) is 18.0 Å². The van der Waals surface area contributed by atoms with Crippen LogP contribution in [0.25, 0.3) is 0 Å². The van der Waals surface area contributed by atoms with Gasteiger partial charge in [0.05, 0.1) is 5.69 Å². The van der Waals surface area contributed by atoms with Crippen LogP contribution >= 0.6 is 0 Å². The van der Waals surface area contributed by atoms with Crippen LogP contribution in [0.4, 0.5) is 29.3 Å². The fourth-order valence-electron chi connectivity index (χ4n) is 1.61. The number of urea groups is 1. The maximum absolute atomic E-state index is 13.5. The van der Waals surface area contributed by atoms with Crippen LogP contribution in [0.15, 0.2) is 36.4 Å². The molecule has 0 spiro atoms. The first-order valence-corrected chi connectivity index (χ1v) is 5.87. The largest absolute Gasteiger partial charge is 0.508 e. The number of anilines is 2. The molecule has 0 aliphatic rings. The van der Waals surface area contributed by atoms with Crippen molar-refractivity contribution in [2.24, 2.45) is 0 Å². The van der Waals surface area contributed by atoms with Crippen molar-refractivity contribution in [2.45, 2.75) is 0 Å². The normalized spacial score (nSPS) is 10.3. The van der Waals surface area contributed by atoms with Gasteiger partial charge in [-0.2, -0.15) is 0 Å². The summed E-state index contributed by atoms with van der Waals surface area (Å²) >= 11 is 0. The molecule has 0 unspecified atom stereocenters. The average Bonchev–Trinajstić information content (AvgIpc) is 2.48. The maximum Gasteiger partial charge on any atom is 0.326 e. The van der Waals surface area contributed by atoms with E-state index in [4.69, 9.17) is 5.11 Å². The van der Waals surface area contributed by atoms with Crippen LogP contribution in [0.2, 0.25) is 0 Å². The second kappa shape index (κ2) is 5.74. The Kier molecular flexibility index (Phi) is 4.02. The van der Waals surface area contributed by atoms with Crippen LogP contribution in [0.3, 0.4) is 0 Å². The molecule has 21 heavy (non-hydrogen) atoms. The van der Waals surface area contributed by atoms with E-state index in [2.05, 4.69) is 5.32 Å². The average molecular weight is 296 g/mol. The zero-order chi connectivity index (χ0) is 15.6. The Hall–Kier alpha value is -2.70. The number of hydrogen-bond donors (Lipinski definition) is 2. The van der Waals surface area contributed by atoms with Crippen molar-refractivity contribution in [3.8, 4) is 5.75 Å². The van der Waals surface area contributed by atoms with Crippen LogP contribution in [-0.2, 0) is 0 Å². The van der Waals surface area contributed by atoms with Gasteiger partial charge in [-0.25, -0.2) is 18.0 Å². The molecule has 2 amide bonds. The molecule has 0 heterocycles. The van der Waals surface area contributed by atoms with Crippen LogP contribution in [0.5, 0.6) is 5.75 Å². The minimum atomic E-state index is -1.65. The highest BCUT2D eigenvalue weighted by molar-refractivity contribution is 6.01. The van der Waals surface area contributed by atoms with Gasteiger partial charge in [-0.05, 0) is 36.4 Å². The molecule has 0 radical (unpaired) electrons. The predicted molar refractivity (Wildman–Crippen MR) is 71.8 cm³/mol. The lowest BCUT2D eigenvalue weighted by atomic mass is 10.2. The fraction of sp³-hybridized carbons (Fsp3) is 0.0714. The molecule has 2 aromatic rings. The Morgan fingerprint density at radius 1 is 1.05 bits per heavy atom. The van der Waals surface area contributed by atoms with Crippen molar-refractivity contribution in [1.29, 1.82) is 0 Å². The predicted octanol–water partition coefficient (Wildman–Crippen LogP) is 3.48.